The highest BCUT2D eigenvalue weighted by Crippen LogP contribution is 2.33. The van der Waals surface area contributed by atoms with Crippen LogP contribution < -0.4 is 9.62 Å². The molecule has 0 spiro atoms. The Balaban J connectivity index is 1.72. The van der Waals surface area contributed by atoms with E-state index in [9.17, 15) is 18.0 Å². The van der Waals surface area contributed by atoms with Crippen molar-refractivity contribution < 1.29 is 18.0 Å². The van der Waals surface area contributed by atoms with Gasteiger partial charge in [-0.15, -0.1) is 0 Å². The van der Waals surface area contributed by atoms with Gasteiger partial charge < -0.3 is 10.2 Å². The number of hydrogen-bond donors (Lipinski definition) is 1. The Labute approximate surface area is 266 Å². The van der Waals surface area contributed by atoms with Crippen LogP contribution in [0.2, 0.25) is 20.1 Å². The summed E-state index contributed by atoms with van der Waals surface area (Å²) in [4.78, 5) is 28.8. The molecule has 2 amide bonds. The van der Waals surface area contributed by atoms with E-state index in [1.165, 1.54) is 35.2 Å². The van der Waals surface area contributed by atoms with Crippen molar-refractivity contribution in [3.8, 4) is 0 Å². The van der Waals surface area contributed by atoms with Crippen LogP contribution in [0, 0.1) is 0 Å². The molecule has 0 bridgehead atoms. The number of sulfonamides is 1. The van der Waals surface area contributed by atoms with Crippen molar-refractivity contribution in [1.82, 2.24) is 10.2 Å². The van der Waals surface area contributed by atoms with Gasteiger partial charge in [-0.3, -0.25) is 13.9 Å². The second-order valence-corrected chi connectivity index (χ2v) is 13.7. The van der Waals surface area contributed by atoms with E-state index in [0.29, 0.717) is 15.6 Å². The lowest BCUT2D eigenvalue weighted by Gasteiger charge is -2.33. The van der Waals surface area contributed by atoms with Gasteiger partial charge in [-0.2, -0.15) is 0 Å². The summed E-state index contributed by atoms with van der Waals surface area (Å²) in [7, 11) is -4.28. The van der Waals surface area contributed by atoms with E-state index in [4.69, 9.17) is 46.4 Å². The van der Waals surface area contributed by atoms with Crippen molar-refractivity contribution in [2.24, 2.45) is 0 Å². The van der Waals surface area contributed by atoms with Crippen LogP contribution in [-0.4, -0.2) is 43.8 Å². The Morgan fingerprint density at radius 1 is 0.881 bits per heavy atom. The number of halogens is 4. The number of benzene rings is 3. The second-order valence-electron chi connectivity index (χ2n) is 10.2. The lowest BCUT2D eigenvalue weighted by Crippen LogP contribution is -2.53. The van der Waals surface area contributed by atoms with Gasteiger partial charge in [-0.25, -0.2) is 8.42 Å². The van der Waals surface area contributed by atoms with Crippen LogP contribution in [0.1, 0.15) is 44.6 Å². The van der Waals surface area contributed by atoms with E-state index in [0.717, 1.165) is 36.4 Å². The fraction of sp³-hybridized carbons (Fsp3) is 0.333. The van der Waals surface area contributed by atoms with Crippen molar-refractivity contribution in [2.45, 2.75) is 62.6 Å². The van der Waals surface area contributed by atoms with Crippen LogP contribution in [0.3, 0.4) is 0 Å². The minimum atomic E-state index is -4.28. The highest BCUT2D eigenvalue weighted by molar-refractivity contribution is 7.92. The third-order valence-electron chi connectivity index (χ3n) is 7.26. The molecule has 1 saturated carbocycles. The third kappa shape index (κ3) is 7.91. The lowest BCUT2D eigenvalue weighted by molar-refractivity contribution is -0.139. The van der Waals surface area contributed by atoms with Crippen LogP contribution in [0.15, 0.2) is 71.6 Å². The number of rotatable bonds is 10. The summed E-state index contributed by atoms with van der Waals surface area (Å²) < 4.78 is 28.7. The van der Waals surface area contributed by atoms with Crippen LogP contribution >= 0.6 is 46.4 Å². The number of carbonyl (C=O) groups excluding carboxylic acids is 2. The molecule has 1 atom stereocenters. The van der Waals surface area contributed by atoms with E-state index in [-0.39, 0.29) is 39.1 Å². The van der Waals surface area contributed by atoms with E-state index in [1.807, 2.05) is 0 Å². The largest absolute Gasteiger partial charge is 0.352 e. The molecule has 1 aliphatic carbocycles. The second kappa shape index (κ2) is 14.3. The topological polar surface area (TPSA) is 86.8 Å². The predicted octanol–water partition coefficient (Wildman–Crippen LogP) is 7.36. The molecule has 1 N–H and O–H groups in total. The molecular weight excluding hydrogens is 640 g/mol. The number of amides is 2. The molecule has 0 radical (unpaired) electrons. The number of hydrogen-bond acceptors (Lipinski definition) is 4. The van der Waals surface area contributed by atoms with Gasteiger partial charge in [0.2, 0.25) is 11.8 Å². The Morgan fingerprint density at radius 3 is 2.19 bits per heavy atom. The summed E-state index contributed by atoms with van der Waals surface area (Å²) in [5.41, 5.74) is 0.579. The van der Waals surface area contributed by atoms with Gasteiger partial charge in [0.1, 0.15) is 12.6 Å². The van der Waals surface area contributed by atoms with Crippen LogP contribution in [0.4, 0.5) is 5.69 Å². The monoisotopic (exact) mass is 669 g/mol. The summed E-state index contributed by atoms with van der Waals surface area (Å²) in [6, 6.07) is 16.0. The highest BCUT2D eigenvalue weighted by Gasteiger charge is 2.34. The van der Waals surface area contributed by atoms with Crippen molar-refractivity contribution in [3.63, 3.8) is 0 Å². The van der Waals surface area contributed by atoms with Gasteiger partial charge in [0.25, 0.3) is 10.0 Å². The first kappa shape index (κ1) is 32.4. The maximum Gasteiger partial charge on any atom is 0.264 e. The molecule has 0 saturated heterocycles. The fourth-order valence-electron chi connectivity index (χ4n) is 4.89. The molecule has 0 aliphatic heterocycles. The average Bonchev–Trinajstić information content (AvgIpc) is 2.97. The molecule has 3 aromatic rings. The van der Waals surface area contributed by atoms with E-state index in [1.54, 1.807) is 43.3 Å². The summed E-state index contributed by atoms with van der Waals surface area (Å²) in [5, 5.41) is 4.11. The van der Waals surface area contributed by atoms with Gasteiger partial charge in [0.15, 0.2) is 0 Å². The number of nitrogens with one attached hydrogen (secondary N) is 1. The van der Waals surface area contributed by atoms with Crippen LogP contribution in [0.25, 0.3) is 0 Å². The minimum absolute atomic E-state index is 0.0185. The molecule has 0 heterocycles. The van der Waals surface area contributed by atoms with Crippen molar-refractivity contribution in [1.29, 1.82) is 0 Å². The summed E-state index contributed by atoms with van der Waals surface area (Å²) in [6.07, 6.45) is 4.90. The zero-order chi connectivity index (χ0) is 30.4. The van der Waals surface area contributed by atoms with Gasteiger partial charge in [0, 0.05) is 27.7 Å². The maximum absolute atomic E-state index is 14.1. The van der Waals surface area contributed by atoms with Crippen LogP contribution in [-0.2, 0) is 26.2 Å². The lowest BCUT2D eigenvalue weighted by atomic mass is 9.95. The smallest absolute Gasteiger partial charge is 0.264 e. The zero-order valence-electron chi connectivity index (χ0n) is 22.9. The number of anilines is 1. The quantitative estimate of drug-likeness (QED) is 0.244. The average molecular weight is 671 g/mol. The zero-order valence-corrected chi connectivity index (χ0v) is 26.7. The molecular formula is C30H31Cl4N3O4S. The SMILES string of the molecule is C[C@@H](C(=O)NC1CCCCC1)N(Cc1ccc(Cl)cc1Cl)C(=O)CN(c1cc(Cl)ccc1Cl)S(=O)(=O)c1ccccc1. The Kier molecular flexibility index (Phi) is 11.1. The fourth-order valence-corrected chi connectivity index (χ4v) is 7.24. The Morgan fingerprint density at radius 2 is 1.52 bits per heavy atom. The first-order valence-electron chi connectivity index (χ1n) is 13.5. The summed E-state index contributed by atoms with van der Waals surface area (Å²) in [5.74, 6) is -0.971. The Bertz CT molecular complexity index is 1530. The van der Waals surface area contributed by atoms with E-state index >= 15 is 0 Å². The molecule has 0 unspecified atom stereocenters. The maximum atomic E-state index is 14.1. The normalized spacial score (nSPS) is 14.7. The standard InChI is InChI=1S/C30H31Cl4N3O4S/c1-20(30(39)35-24-8-4-2-5-9-24)36(18-21-12-13-22(31)16-27(21)34)29(38)19-37(28-17-23(32)14-15-26(28)33)42(40,41)25-10-6-3-7-11-25/h3,6-7,10-17,20,24H,2,4-5,8-9,18-19H2,1H3,(H,35,39)/t20-/m0/s1. The molecule has 42 heavy (non-hydrogen) atoms. The van der Waals surface area contributed by atoms with Crippen molar-refractivity contribution in [2.75, 3.05) is 10.8 Å². The molecule has 4 rings (SSSR count). The van der Waals surface area contributed by atoms with Gasteiger partial charge in [-0.05, 0) is 67.8 Å². The van der Waals surface area contributed by atoms with Crippen molar-refractivity contribution >= 4 is 73.9 Å². The van der Waals surface area contributed by atoms with Gasteiger partial charge >= 0.3 is 0 Å². The minimum Gasteiger partial charge on any atom is -0.352 e. The first-order chi connectivity index (χ1) is 20.0. The molecule has 3 aromatic carbocycles. The predicted molar refractivity (Wildman–Crippen MR) is 169 cm³/mol. The van der Waals surface area contributed by atoms with E-state index < -0.39 is 28.5 Å². The summed E-state index contributed by atoms with van der Waals surface area (Å²) in [6.45, 7) is 0.905. The molecule has 7 nitrogen and oxygen atoms in total. The third-order valence-corrected chi connectivity index (χ3v) is 10.2. The van der Waals surface area contributed by atoms with Gasteiger partial charge in [0.05, 0.1) is 15.6 Å². The number of nitrogens with zero attached hydrogens (tertiary/aromatic N) is 2. The molecule has 0 aromatic heterocycles. The first-order valence-corrected chi connectivity index (χ1v) is 16.5. The summed E-state index contributed by atoms with van der Waals surface area (Å²) >= 11 is 25.2. The molecule has 224 valence electrons. The Hall–Kier alpha value is -2.49. The van der Waals surface area contributed by atoms with Crippen LogP contribution in [0.5, 0.6) is 0 Å². The van der Waals surface area contributed by atoms with Gasteiger partial charge in [-0.1, -0.05) is 89.9 Å². The van der Waals surface area contributed by atoms with Crippen molar-refractivity contribution in [3.05, 3.63) is 92.4 Å². The van der Waals surface area contributed by atoms with E-state index in [2.05, 4.69) is 5.32 Å². The molecule has 12 heteroatoms. The highest BCUT2D eigenvalue weighted by atomic mass is 35.5. The number of carbonyl (C=O) groups is 2. The molecule has 1 aliphatic rings. The molecule has 1 fully saturated rings.